The summed E-state index contributed by atoms with van der Waals surface area (Å²) in [6.07, 6.45) is 5.26. The number of nitrogens with zero attached hydrogens (tertiary/aromatic N) is 5. The number of rotatable bonds is 5. The molecule has 3 aromatic heterocycles. The topological polar surface area (TPSA) is 107 Å². The number of hydrogen-bond donors (Lipinski definition) is 2. The molecule has 0 unspecified atom stereocenters. The van der Waals surface area contributed by atoms with Crippen LogP contribution in [0.4, 0.5) is 4.39 Å². The first-order valence-electron chi connectivity index (χ1n) is 8.64. The first kappa shape index (κ1) is 17.8. The van der Waals surface area contributed by atoms with E-state index in [2.05, 4.69) is 20.3 Å². The molecule has 4 rings (SSSR count). The third-order valence-corrected chi connectivity index (χ3v) is 4.60. The molecule has 0 fully saturated rings. The van der Waals surface area contributed by atoms with E-state index in [1.165, 1.54) is 10.9 Å². The molecule has 9 heteroatoms. The summed E-state index contributed by atoms with van der Waals surface area (Å²) in [6, 6.07) is 7.81. The molecule has 0 radical (unpaired) electrons. The molecule has 0 bridgehead atoms. The highest BCUT2D eigenvalue weighted by Crippen LogP contribution is 2.26. The Hall–Kier alpha value is -3.59. The van der Waals surface area contributed by atoms with E-state index in [-0.39, 0.29) is 18.7 Å². The van der Waals surface area contributed by atoms with Gasteiger partial charge in [-0.15, -0.1) is 0 Å². The first-order valence-corrected chi connectivity index (χ1v) is 8.64. The van der Waals surface area contributed by atoms with Crippen LogP contribution in [0.15, 0.2) is 59.7 Å². The van der Waals surface area contributed by atoms with Gasteiger partial charge >= 0.3 is 5.69 Å². The molecule has 0 saturated carbocycles. The Balaban J connectivity index is 1.68. The lowest BCUT2D eigenvalue weighted by atomic mass is 10.0. The molecule has 8 nitrogen and oxygen atoms in total. The number of pyridine rings is 1. The van der Waals surface area contributed by atoms with Crippen molar-refractivity contribution in [1.29, 1.82) is 0 Å². The smallest absolute Gasteiger partial charge is 0.327 e. The van der Waals surface area contributed by atoms with Gasteiger partial charge in [0.1, 0.15) is 12.1 Å². The number of nitrogens with two attached hydrogens (primary N) is 1. The fourth-order valence-electron chi connectivity index (χ4n) is 3.02. The van der Waals surface area contributed by atoms with Crippen LogP contribution >= 0.6 is 0 Å². The van der Waals surface area contributed by atoms with Crippen LogP contribution in [0.25, 0.3) is 27.8 Å². The minimum absolute atomic E-state index is 0.0000948. The molecule has 3 heterocycles. The summed E-state index contributed by atoms with van der Waals surface area (Å²) in [5, 5.41) is 12.0. The molecule has 0 aliphatic rings. The van der Waals surface area contributed by atoms with Gasteiger partial charge in [-0.25, -0.2) is 23.4 Å². The summed E-state index contributed by atoms with van der Waals surface area (Å²) in [6.45, 7) is 1.97. The maximum absolute atomic E-state index is 12.7. The molecule has 0 aliphatic carbocycles. The van der Waals surface area contributed by atoms with Gasteiger partial charge in [0.2, 0.25) is 0 Å². The van der Waals surface area contributed by atoms with Gasteiger partial charge in [0, 0.05) is 23.7 Å². The Morgan fingerprint density at radius 3 is 2.93 bits per heavy atom. The summed E-state index contributed by atoms with van der Waals surface area (Å²) in [5.74, 6) is 0.443. The minimum atomic E-state index is -0.411. The van der Waals surface area contributed by atoms with Crippen LogP contribution in [0.3, 0.4) is 0 Å². The second-order valence-corrected chi connectivity index (χ2v) is 6.44. The van der Waals surface area contributed by atoms with E-state index in [0.29, 0.717) is 12.1 Å². The van der Waals surface area contributed by atoms with Gasteiger partial charge in [-0.1, -0.05) is 12.1 Å². The first-order chi connectivity index (χ1) is 13.6. The molecule has 0 amide bonds. The second kappa shape index (κ2) is 7.20. The molecule has 1 aromatic carbocycles. The number of aryl methyl sites for hydroxylation is 1. The van der Waals surface area contributed by atoms with Gasteiger partial charge in [0.15, 0.2) is 0 Å². The summed E-state index contributed by atoms with van der Waals surface area (Å²) >= 11 is 0. The normalized spacial score (nSPS) is 12.0. The SMILES string of the molecule is Cc1cc(-n2cnn(C/C(=C/F)CN)c2=O)ncc1-c1ccc2cn[nH]c2c1. The van der Waals surface area contributed by atoms with E-state index >= 15 is 0 Å². The Morgan fingerprint density at radius 1 is 1.32 bits per heavy atom. The van der Waals surface area contributed by atoms with E-state index in [1.54, 1.807) is 12.4 Å². The van der Waals surface area contributed by atoms with E-state index in [0.717, 1.165) is 32.3 Å². The van der Waals surface area contributed by atoms with Gasteiger partial charge in [-0.3, -0.25) is 5.10 Å². The van der Waals surface area contributed by atoms with Crippen LogP contribution in [0.5, 0.6) is 0 Å². The predicted molar refractivity (Wildman–Crippen MR) is 104 cm³/mol. The van der Waals surface area contributed by atoms with Gasteiger partial charge in [-0.05, 0) is 35.8 Å². The summed E-state index contributed by atoms with van der Waals surface area (Å²) < 4.78 is 15.2. The number of hydrogen-bond acceptors (Lipinski definition) is 5. The minimum Gasteiger partial charge on any atom is -0.327 e. The fourth-order valence-corrected chi connectivity index (χ4v) is 3.02. The number of H-pyrrole nitrogens is 1. The van der Waals surface area contributed by atoms with Crippen LogP contribution in [-0.2, 0) is 6.54 Å². The number of halogens is 1. The van der Waals surface area contributed by atoms with Gasteiger partial charge in [0.05, 0.1) is 24.6 Å². The van der Waals surface area contributed by atoms with E-state index in [9.17, 15) is 9.18 Å². The van der Waals surface area contributed by atoms with Crippen molar-refractivity contribution in [3.8, 4) is 16.9 Å². The number of benzene rings is 1. The van der Waals surface area contributed by atoms with Crippen LogP contribution in [0.2, 0.25) is 0 Å². The van der Waals surface area contributed by atoms with Crippen molar-refractivity contribution in [3.05, 3.63) is 70.9 Å². The van der Waals surface area contributed by atoms with Crippen molar-refractivity contribution in [2.45, 2.75) is 13.5 Å². The largest absolute Gasteiger partial charge is 0.351 e. The van der Waals surface area contributed by atoms with E-state index in [1.807, 2.05) is 31.2 Å². The molecule has 0 saturated heterocycles. The lowest BCUT2D eigenvalue weighted by Gasteiger charge is -2.08. The van der Waals surface area contributed by atoms with Crippen molar-refractivity contribution < 1.29 is 4.39 Å². The quantitative estimate of drug-likeness (QED) is 0.552. The van der Waals surface area contributed by atoms with Crippen LogP contribution < -0.4 is 11.4 Å². The van der Waals surface area contributed by atoms with Crippen LogP contribution in [0.1, 0.15) is 5.56 Å². The number of aromatic nitrogens is 6. The van der Waals surface area contributed by atoms with Gasteiger partial charge in [-0.2, -0.15) is 10.2 Å². The van der Waals surface area contributed by atoms with Crippen molar-refractivity contribution in [2.75, 3.05) is 6.54 Å². The molecule has 0 spiro atoms. The number of fused-ring (bicyclic) bond motifs is 1. The lowest BCUT2D eigenvalue weighted by molar-refractivity contribution is 0.612. The summed E-state index contributed by atoms with van der Waals surface area (Å²) in [5.41, 5.74) is 9.15. The monoisotopic (exact) mass is 379 g/mol. The maximum atomic E-state index is 12.7. The highest BCUT2D eigenvalue weighted by Gasteiger charge is 2.12. The van der Waals surface area contributed by atoms with Crippen molar-refractivity contribution in [2.24, 2.45) is 5.73 Å². The zero-order valence-corrected chi connectivity index (χ0v) is 15.1. The Bertz CT molecular complexity index is 1230. The van der Waals surface area contributed by atoms with E-state index < -0.39 is 5.69 Å². The average molecular weight is 379 g/mol. The molecular weight excluding hydrogens is 361 g/mol. The molecule has 28 heavy (non-hydrogen) atoms. The second-order valence-electron chi connectivity index (χ2n) is 6.44. The molecule has 0 atom stereocenters. The van der Waals surface area contributed by atoms with Crippen molar-refractivity contribution >= 4 is 10.9 Å². The average Bonchev–Trinajstić information content (AvgIpc) is 3.32. The molecule has 0 aliphatic heterocycles. The maximum Gasteiger partial charge on any atom is 0.351 e. The summed E-state index contributed by atoms with van der Waals surface area (Å²) in [7, 11) is 0. The van der Waals surface area contributed by atoms with Crippen molar-refractivity contribution in [3.63, 3.8) is 0 Å². The number of aromatic amines is 1. The molecular formula is C19H18FN7O. The highest BCUT2D eigenvalue weighted by atomic mass is 19.1. The third-order valence-electron chi connectivity index (χ3n) is 4.60. The Labute approximate surface area is 159 Å². The standard InChI is InChI=1S/C19H18FN7O/c1-12-4-18(26-11-24-27(19(26)28)10-13(6-20)7-21)22-9-16(12)14-2-3-15-8-23-25-17(15)5-14/h2-6,8-9,11H,7,10,21H2,1H3,(H,23,25)/b13-6+. The van der Waals surface area contributed by atoms with Crippen LogP contribution in [0, 0.1) is 6.92 Å². The molecule has 4 aromatic rings. The third kappa shape index (κ3) is 3.12. The van der Waals surface area contributed by atoms with Crippen molar-refractivity contribution in [1.82, 2.24) is 29.5 Å². The zero-order chi connectivity index (χ0) is 19.7. The van der Waals surface area contributed by atoms with Crippen LogP contribution in [-0.4, -0.2) is 36.1 Å². The number of nitrogens with one attached hydrogen (secondary N) is 1. The summed E-state index contributed by atoms with van der Waals surface area (Å²) in [4.78, 5) is 17.0. The lowest BCUT2D eigenvalue weighted by Crippen LogP contribution is -2.26. The highest BCUT2D eigenvalue weighted by molar-refractivity contribution is 5.84. The Morgan fingerprint density at radius 2 is 2.18 bits per heavy atom. The molecule has 142 valence electrons. The Kier molecular flexibility index (Phi) is 4.58. The molecule has 3 N–H and O–H groups in total. The zero-order valence-electron chi connectivity index (χ0n) is 15.1. The predicted octanol–water partition coefficient (Wildman–Crippen LogP) is 2.09. The van der Waals surface area contributed by atoms with E-state index in [4.69, 9.17) is 5.73 Å². The van der Waals surface area contributed by atoms with Gasteiger partial charge < -0.3 is 5.73 Å². The van der Waals surface area contributed by atoms with Gasteiger partial charge in [0.25, 0.3) is 0 Å². The fraction of sp³-hybridized carbons (Fsp3) is 0.158.